The lowest BCUT2D eigenvalue weighted by Crippen LogP contribution is -2.43. The van der Waals surface area contributed by atoms with Gasteiger partial charge in [0.2, 0.25) is 5.75 Å². The highest BCUT2D eigenvalue weighted by Crippen LogP contribution is 2.40. The van der Waals surface area contributed by atoms with Gasteiger partial charge in [0.1, 0.15) is 13.2 Å². The first-order chi connectivity index (χ1) is 15.0. The molecule has 0 N–H and O–H groups in total. The van der Waals surface area contributed by atoms with Gasteiger partial charge in [-0.15, -0.1) is 0 Å². The molecule has 7 nitrogen and oxygen atoms in total. The third-order valence-electron chi connectivity index (χ3n) is 5.35. The number of benzene rings is 2. The van der Waals surface area contributed by atoms with Crippen molar-refractivity contribution in [1.29, 1.82) is 0 Å². The van der Waals surface area contributed by atoms with Crippen molar-refractivity contribution >= 4 is 23.6 Å². The monoisotopic (exact) mass is 423 g/mol. The number of carbonyl (C=O) groups excluding carboxylic acids is 2. The number of carbonyl (C=O) groups is 2. The third-order valence-corrected chi connectivity index (χ3v) is 5.35. The number of fused-ring (bicyclic) bond motifs is 2. The average molecular weight is 423 g/mol. The van der Waals surface area contributed by atoms with Crippen LogP contribution in [0.2, 0.25) is 0 Å². The number of anilines is 1. The molecular weight excluding hydrogens is 398 g/mol. The van der Waals surface area contributed by atoms with Gasteiger partial charge in [0.25, 0.3) is 5.91 Å². The number of nitrogens with zero attached hydrogens (tertiary/aromatic N) is 1. The van der Waals surface area contributed by atoms with Gasteiger partial charge in [-0.2, -0.15) is 0 Å². The molecule has 0 aromatic heterocycles. The maximum absolute atomic E-state index is 12.9. The van der Waals surface area contributed by atoms with E-state index >= 15 is 0 Å². The molecule has 2 aromatic rings. The van der Waals surface area contributed by atoms with Gasteiger partial charge in [-0.3, -0.25) is 4.79 Å². The minimum absolute atomic E-state index is 0.0202. The van der Waals surface area contributed by atoms with E-state index in [0.29, 0.717) is 36.0 Å². The fraction of sp³-hybridized carbons (Fsp3) is 0.333. The lowest BCUT2D eigenvalue weighted by Gasteiger charge is -2.25. The van der Waals surface area contributed by atoms with Crippen molar-refractivity contribution in [2.45, 2.75) is 32.4 Å². The van der Waals surface area contributed by atoms with Gasteiger partial charge in [0.05, 0.1) is 7.11 Å². The number of amides is 1. The van der Waals surface area contributed by atoms with Crippen molar-refractivity contribution in [1.82, 2.24) is 0 Å². The van der Waals surface area contributed by atoms with E-state index in [0.717, 1.165) is 17.7 Å². The van der Waals surface area contributed by atoms with Crippen LogP contribution in [0.5, 0.6) is 17.2 Å². The molecule has 0 saturated carbocycles. The number of esters is 1. The Morgan fingerprint density at radius 3 is 2.77 bits per heavy atom. The van der Waals surface area contributed by atoms with Crippen molar-refractivity contribution in [2.75, 3.05) is 25.2 Å². The van der Waals surface area contributed by atoms with Gasteiger partial charge in [-0.05, 0) is 55.7 Å². The molecule has 31 heavy (non-hydrogen) atoms. The summed E-state index contributed by atoms with van der Waals surface area (Å²) in [5.74, 6) is 0.794. The fourth-order valence-electron chi connectivity index (χ4n) is 3.92. The lowest BCUT2D eigenvalue weighted by molar-refractivity contribution is -0.149. The highest BCUT2D eigenvalue weighted by molar-refractivity contribution is 6.00. The van der Waals surface area contributed by atoms with E-state index in [4.69, 9.17) is 18.9 Å². The van der Waals surface area contributed by atoms with E-state index in [-0.39, 0.29) is 11.9 Å². The molecule has 162 valence electrons. The van der Waals surface area contributed by atoms with Gasteiger partial charge in [-0.1, -0.05) is 18.2 Å². The quantitative estimate of drug-likeness (QED) is 0.542. The van der Waals surface area contributed by atoms with E-state index < -0.39 is 12.1 Å². The first kappa shape index (κ1) is 20.8. The van der Waals surface area contributed by atoms with Crippen LogP contribution < -0.4 is 19.1 Å². The van der Waals surface area contributed by atoms with Crippen molar-refractivity contribution in [3.8, 4) is 17.2 Å². The predicted molar refractivity (Wildman–Crippen MR) is 116 cm³/mol. The summed E-state index contributed by atoms with van der Waals surface area (Å²) in [6.45, 7) is 4.48. The maximum Gasteiger partial charge on any atom is 0.331 e. The largest absolute Gasteiger partial charge is 0.493 e. The van der Waals surface area contributed by atoms with Crippen molar-refractivity contribution in [3.05, 3.63) is 53.6 Å². The van der Waals surface area contributed by atoms with Crippen molar-refractivity contribution < 1.29 is 28.5 Å². The molecule has 0 aliphatic carbocycles. The van der Waals surface area contributed by atoms with Gasteiger partial charge < -0.3 is 23.8 Å². The first-order valence-corrected chi connectivity index (χ1v) is 10.2. The maximum atomic E-state index is 12.9. The van der Waals surface area contributed by atoms with Crippen LogP contribution in [0.4, 0.5) is 5.69 Å². The zero-order chi connectivity index (χ0) is 22.0. The summed E-state index contributed by atoms with van der Waals surface area (Å²) in [6.07, 6.45) is 2.76. The molecule has 2 heterocycles. The van der Waals surface area contributed by atoms with Gasteiger partial charge in [-0.25, -0.2) is 4.79 Å². The molecule has 0 radical (unpaired) electrons. The van der Waals surface area contributed by atoms with E-state index in [1.807, 2.05) is 31.2 Å². The van der Waals surface area contributed by atoms with E-state index in [1.54, 1.807) is 37.1 Å². The Morgan fingerprint density at radius 1 is 1.19 bits per heavy atom. The molecule has 1 amide bonds. The Hall–Kier alpha value is -3.48. The van der Waals surface area contributed by atoms with Crippen LogP contribution in [0.25, 0.3) is 6.08 Å². The highest BCUT2D eigenvalue weighted by Gasteiger charge is 2.34. The Kier molecular flexibility index (Phi) is 5.84. The van der Waals surface area contributed by atoms with Crippen LogP contribution in [0.1, 0.15) is 25.0 Å². The molecule has 2 aliphatic rings. The molecule has 2 aromatic carbocycles. The minimum atomic E-state index is -0.902. The number of para-hydroxylation sites is 1. The number of hydrogen-bond donors (Lipinski definition) is 0. The first-order valence-electron chi connectivity index (χ1n) is 10.2. The molecule has 7 heteroatoms. The fourth-order valence-corrected chi connectivity index (χ4v) is 3.92. The van der Waals surface area contributed by atoms with Crippen LogP contribution in [-0.4, -0.2) is 44.3 Å². The van der Waals surface area contributed by atoms with Crippen LogP contribution in [0.3, 0.4) is 0 Å². The molecule has 0 spiro atoms. The van der Waals surface area contributed by atoms with Gasteiger partial charge in [0, 0.05) is 17.8 Å². The predicted octanol–water partition coefficient (Wildman–Crippen LogP) is 3.39. The Morgan fingerprint density at radius 2 is 1.97 bits per heavy atom. The van der Waals surface area contributed by atoms with Crippen LogP contribution >= 0.6 is 0 Å². The number of hydrogen-bond acceptors (Lipinski definition) is 6. The number of rotatable bonds is 5. The van der Waals surface area contributed by atoms with Crippen LogP contribution in [0, 0.1) is 0 Å². The molecule has 4 rings (SSSR count). The van der Waals surface area contributed by atoms with Gasteiger partial charge >= 0.3 is 5.97 Å². The van der Waals surface area contributed by atoms with Crippen LogP contribution in [0.15, 0.2) is 42.5 Å². The summed E-state index contributed by atoms with van der Waals surface area (Å²) in [5.41, 5.74) is 2.69. The molecular formula is C24H25NO6. The smallest absolute Gasteiger partial charge is 0.331 e. The molecule has 0 fully saturated rings. The lowest BCUT2D eigenvalue weighted by atomic mass is 10.1. The second-order valence-electron chi connectivity index (χ2n) is 7.55. The molecule has 0 bridgehead atoms. The Bertz CT molecular complexity index is 1010. The Labute approximate surface area is 181 Å². The summed E-state index contributed by atoms with van der Waals surface area (Å²) in [6, 6.07) is 11.3. The normalized spacial score (nSPS) is 17.9. The second kappa shape index (κ2) is 8.71. The van der Waals surface area contributed by atoms with E-state index in [1.165, 1.54) is 6.08 Å². The highest BCUT2D eigenvalue weighted by atomic mass is 16.6. The standard InChI is InChI=1S/C24H25NO6/c1-15-12-18-6-4-5-7-19(18)25(15)24(27)16(2)31-22(26)9-8-17-13-20(28-3)23-21(14-17)29-10-11-30-23/h4-9,13-16H,10-12H2,1-3H3/b9-8+/t15-,16-/m0/s1. The summed E-state index contributed by atoms with van der Waals surface area (Å²) in [7, 11) is 1.54. The van der Waals surface area contributed by atoms with E-state index in [9.17, 15) is 9.59 Å². The molecule has 0 saturated heterocycles. The summed E-state index contributed by atoms with van der Waals surface area (Å²) in [4.78, 5) is 27.0. The van der Waals surface area contributed by atoms with E-state index in [2.05, 4.69) is 0 Å². The zero-order valence-electron chi connectivity index (χ0n) is 17.8. The number of ether oxygens (including phenoxy) is 4. The molecule has 0 unspecified atom stereocenters. The van der Waals surface area contributed by atoms with Crippen molar-refractivity contribution in [2.24, 2.45) is 0 Å². The summed E-state index contributed by atoms with van der Waals surface area (Å²) in [5, 5.41) is 0. The summed E-state index contributed by atoms with van der Waals surface area (Å²) >= 11 is 0. The SMILES string of the molecule is COc1cc(/C=C/C(=O)O[C@@H](C)C(=O)N2c3ccccc3C[C@@H]2C)cc2c1OCCO2. The molecule has 2 atom stereocenters. The topological polar surface area (TPSA) is 74.3 Å². The van der Waals surface area contributed by atoms with Crippen molar-refractivity contribution in [3.63, 3.8) is 0 Å². The second-order valence-corrected chi connectivity index (χ2v) is 7.55. The number of methoxy groups -OCH3 is 1. The average Bonchev–Trinajstić information content (AvgIpc) is 3.12. The third kappa shape index (κ3) is 4.21. The summed E-state index contributed by atoms with van der Waals surface area (Å²) < 4.78 is 21.9. The van der Waals surface area contributed by atoms with Gasteiger partial charge in [0.15, 0.2) is 17.6 Å². The molecule has 2 aliphatic heterocycles. The zero-order valence-corrected chi connectivity index (χ0v) is 17.8. The van der Waals surface area contributed by atoms with Crippen LogP contribution in [-0.2, 0) is 20.7 Å². The minimum Gasteiger partial charge on any atom is -0.493 e. The Balaban J connectivity index is 1.43.